The SMILES string of the molecule is COc1cc2c(cc1OC)CN(C(=O)CSc1nnc(-c3ccc4c(c3)OCO4)o1)CC2. The predicted molar refractivity (Wildman–Crippen MR) is 115 cm³/mol. The number of thioether (sulfide) groups is 1. The van der Waals surface area contributed by atoms with Crippen LogP contribution in [0.5, 0.6) is 23.0 Å². The highest BCUT2D eigenvalue weighted by Crippen LogP contribution is 2.36. The van der Waals surface area contributed by atoms with Crippen LogP contribution in [-0.4, -0.2) is 54.3 Å². The molecule has 5 rings (SSSR count). The molecule has 0 bridgehead atoms. The van der Waals surface area contributed by atoms with Gasteiger partial charge in [0, 0.05) is 18.7 Å². The standard InChI is InChI=1S/C22H21N3O6S/c1-27-17-7-13-5-6-25(10-15(13)9-18(17)28-2)20(26)11-32-22-24-23-21(31-22)14-3-4-16-19(8-14)30-12-29-16/h3-4,7-9H,5-6,10-12H2,1-2H3. The Kier molecular flexibility index (Phi) is 5.52. The fourth-order valence-corrected chi connectivity index (χ4v) is 4.39. The van der Waals surface area contributed by atoms with Crippen LogP contribution < -0.4 is 18.9 Å². The molecule has 2 aliphatic heterocycles. The van der Waals surface area contributed by atoms with Crippen molar-refractivity contribution in [3.8, 4) is 34.5 Å². The van der Waals surface area contributed by atoms with Gasteiger partial charge >= 0.3 is 0 Å². The van der Waals surface area contributed by atoms with Gasteiger partial charge in [-0.05, 0) is 47.9 Å². The Balaban J connectivity index is 1.21. The highest BCUT2D eigenvalue weighted by Gasteiger charge is 2.24. The molecule has 1 amide bonds. The molecular formula is C22H21N3O6S. The van der Waals surface area contributed by atoms with Crippen molar-refractivity contribution < 1.29 is 28.2 Å². The lowest BCUT2D eigenvalue weighted by Crippen LogP contribution is -2.37. The van der Waals surface area contributed by atoms with Gasteiger partial charge in [0.05, 0.1) is 20.0 Å². The summed E-state index contributed by atoms with van der Waals surface area (Å²) in [5, 5.41) is 8.48. The molecule has 0 saturated heterocycles. The van der Waals surface area contributed by atoms with Crippen LogP contribution in [0, 0.1) is 0 Å². The van der Waals surface area contributed by atoms with E-state index in [2.05, 4.69) is 10.2 Å². The van der Waals surface area contributed by atoms with Gasteiger partial charge in [0.2, 0.25) is 18.6 Å². The number of carbonyl (C=O) groups is 1. The summed E-state index contributed by atoms with van der Waals surface area (Å²) in [5.74, 6) is 3.29. The number of aromatic nitrogens is 2. The van der Waals surface area contributed by atoms with Crippen molar-refractivity contribution in [2.45, 2.75) is 18.2 Å². The molecule has 0 N–H and O–H groups in total. The van der Waals surface area contributed by atoms with Crippen LogP contribution in [-0.2, 0) is 17.8 Å². The van der Waals surface area contributed by atoms with Gasteiger partial charge in [0.1, 0.15) is 0 Å². The normalized spacial score (nSPS) is 14.2. The van der Waals surface area contributed by atoms with E-state index >= 15 is 0 Å². The zero-order valence-corrected chi connectivity index (χ0v) is 18.4. The van der Waals surface area contributed by atoms with Gasteiger partial charge < -0.3 is 28.3 Å². The Labute approximate surface area is 188 Å². The number of nitrogens with zero attached hydrogens (tertiary/aromatic N) is 3. The first-order chi connectivity index (χ1) is 15.6. The maximum atomic E-state index is 12.8. The van der Waals surface area contributed by atoms with Gasteiger partial charge in [-0.25, -0.2) is 0 Å². The third-order valence-corrected chi connectivity index (χ3v) is 6.22. The summed E-state index contributed by atoms with van der Waals surface area (Å²) in [7, 11) is 3.23. The fraction of sp³-hybridized carbons (Fsp3) is 0.318. The van der Waals surface area contributed by atoms with Crippen LogP contribution in [0.4, 0.5) is 0 Å². The molecule has 0 unspecified atom stereocenters. The number of hydrogen-bond acceptors (Lipinski definition) is 9. The summed E-state index contributed by atoms with van der Waals surface area (Å²) in [6, 6.07) is 9.35. The lowest BCUT2D eigenvalue weighted by Gasteiger charge is -2.29. The highest BCUT2D eigenvalue weighted by atomic mass is 32.2. The van der Waals surface area contributed by atoms with Crippen LogP contribution in [0.15, 0.2) is 40.0 Å². The predicted octanol–water partition coefficient (Wildman–Crippen LogP) is 3.16. The van der Waals surface area contributed by atoms with E-state index in [1.54, 1.807) is 26.4 Å². The van der Waals surface area contributed by atoms with Crippen molar-refractivity contribution in [1.29, 1.82) is 0 Å². The van der Waals surface area contributed by atoms with Crippen LogP contribution in [0.1, 0.15) is 11.1 Å². The molecule has 9 nitrogen and oxygen atoms in total. The minimum atomic E-state index is 0.0123. The number of ether oxygens (including phenoxy) is 4. The van der Waals surface area contributed by atoms with Gasteiger partial charge in [-0.1, -0.05) is 11.8 Å². The highest BCUT2D eigenvalue weighted by molar-refractivity contribution is 7.99. The number of amides is 1. The molecule has 2 aromatic carbocycles. The molecule has 3 heterocycles. The van der Waals surface area contributed by atoms with E-state index in [1.165, 1.54) is 17.3 Å². The maximum Gasteiger partial charge on any atom is 0.277 e. The number of carbonyl (C=O) groups excluding carboxylic acids is 1. The van der Waals surface area contributed by atoms with E-state index < -0.39 is 0 Å². The molecule has 166 valence electrons. The monoisotopic (exact) mass is 455 g/mol. The van der Waals surface area contributed by atoms with Crippen molar-refractivity contribution in [3.63, 3.8) is 0 Å². The number of fused-ring (bicyclic) bond motifs is 2. The number of hydrogen-bond donors (Lipinski definition) is 0. The van der Waals surface area contributed by atoms with E-state index in [4.69, 9.17) is 23.4 Å². The van der Waals surface area contributed by atoms with Gasteiger partial charge in [0.15, 0.2) is 23.0 Å². The lowest BCUT2D eigenvalue weighted by molar-refractivity contribution is -0.129. The average Bonchev–Trinajstić information content (AvgIpc) is 3.50. The van der Waals surface area contributed by atoms with E-state index in [0.717, 1.165) is 17.5 Å². The van der Waals surface area contributed by atoms with Gasteiger partial charge in [0.25, 0.3) is 5.22 Å². The van der Waals surface area contributed by atoms with Crippen molar-refractivity contribution in [1.82, 2.24) is 15.1 Å². The van der Waals surface area contributed by atoms with Crippen LogP contribution in [0.25, 0.3) is 11.5 Å². The fourth-order valence-electron chi connectivity index (χ4n) is 3.73. The summed E-state index contributed by atoms with van der Waals surface area (Å²) in [4.78, 5) is 14.6. The summed E-state index contributed by atoms with van der Waals surface area (Å²) >= 11 is 1.23. The molecular weight excluding hydrogens is 434 g/mol. The minimum Gasteiger partial charge on any atom is -0.493 e. The number of methoxy groups -OCH3 is 2. The van der Waals surface area contributed by atoms with Crippen LogP contribution >= 0.6 is 11.8 Å². The molecule has 32 heavy (non-hydrogen) atoms. The van der Waals surface area contributed by atoms with E-state index in [9.17, 15) is 4.79 Å². The van der Waals surface area contributed by atoms with Crippen LogP contribution in [0.3, 0.4) is 0 Å². The van der Waals surface area contributed by atoms with Crippen LogP contribution in [0.2, 0.25) is 0 Å². The van der Waals surface area contributed by atoms with E-state index in [-0.39, 0.29) is 18.5 Å². The Morgan fingerprint density at radius 2 is 1.84 bits per heavy atom. The quantitative estimate of drug-likeness (QED) is 0.519. The summed E-state index contributed by atoms with van der Waals surface area (Å²) in [5.41, 5.74) is 2.97. The molecule has 0 radical (unpaired) electrons. The molecule has 0 saturated carbocycles. The first-order valence-electron chi connectivity index (χ1n) is 10.0. The Morgan fingerprint density at radius 3 is 2.66 bits per heavy atom. The minimum absolute atomic E-state index is 0.0123. The molecule has 10 heteroatoms. The summed E-state index contributed by atoms with van der Waals surface area (Å²) in [6.45, 7) is 1.38. The summed E-state index contributed by atoms with van der Waals surface area (Å²) in [6.07, 6.45) is 0.765. The lowest BCUT2D eigenvalue weighted by atomic mass is 9.99. The molecule has 0 atom stereocenters. The largest absolute Gasteiger partial charge is 0.493 e. The van der Waals surface area contributed by atoms with Crippen molar-refractivity contribution in [2.24, 2.45) is 0 Å². The molecule has 0 aliphatic carbocycles. The first-order valence-corrected chi connectivity index (χ1v) is 11.0. The van der Waals surface area contributed by atoms with Gasteiger partial charge in [-0.15, -0.1) is 10.2 Å². The second kappa shape index (κ2) is 8.62. The number of benzene rings is 2. The average molecular weight is 455 g/mol. The second-order valence-electron chi connectivity index (χ2n) is 7.27. The number of rotatable bonds is 6. The third kappa shape index (κ3) is 3.93. The molecule has 0 fully saturated rings. The topological polar surface area (TPSA) is 96.2 Å². The molecule has 0 spiro atoms. The third-order valence-electron chi connectivity index (χ3n) is 5.42. The second-order valence-corrected chi connectivity index (χ2v) is 8.20. The summed E-state index contributed by atoms with van der Waals surface area (Å²) < 4.78 is 27.2. The maximum absolute atomic E-state index is 12.8. The Hall–Kier alpha value is -3.40. The van der Waals surface area contributed by atoms with Crippen molar-refractivity contribution in [3.05, 3.63) is 41.5 Å². The zero-order valence-electron chi connectivity index (χ0n) is 17.6. The molecule has 1 aromatic heterocycles. The smallest absolute Gasteiger partial charge is 0.277 e. The Bertz CT molecular complexity index is 1160. The van der Waals surface area contributed by atoms with E-state index in [1.807, 2.05) is 23.1 Å². The molecule has 2 aliphatic rings. The van der Waals surface area contributed by atoms with Gasteiger partial charge in [-0.2, -0.15) is 0 Å². The van der Waals surface area contributed by atoms with Gasteiger partial charge in [-0.3, -0.25) is 4.79 Å². The molecule has 3 aromatic rings. The first kappa shape index (κ1) is 20.5. The van der Waals surface area contributed by atoms with Crippen molar-refractivity contribution >= 4 is 17.7 Å². The Morgan fingerprint density at radius 1 is 1.06 bits per heavy atom. The zero-order chi connectivity index (χ0) is 22.1. The van der Waals surface area contributed by atoms with Crippen molar-refractivity contribution in [2.75, 3.05) is 33.3 Å². The van der Waals surface area contributed by atoms with E-state index in [0.29, 0.717) is 47.2 Å².